The zero-order valence-electron chi connectivity index (χ0n) is 23.8. The van der Waals surface area contributed by atoms with Crippen LogP contribution in [0.5, 0.6) is 0 Å². The third kappa shape index (κ3) is 6.39. The first-order chi connectivity index (χ1) is 21.0. The number of methoxy groups -OCH3 is 1. The second kappa shape index (κ2) is 12.6. The SMILES string of the molecule is COCCN1CCN(C(=O)c2cc(C#N)cc(C(F)(F)F)c2N2CC[C@@H](NC(=O)c3cc(=O)[nH]c4c(F)cccc34)C2)CC1. The highest BCUT2D eigenvalue weighted by Crippen LogP contribution is 2.41. The highest BCUT2D eigenvalue weighted by molar-refractivity contribution is 6.06. The number of hydrogen-bond donors (Lipinski definition) is 2. The Morgan fingerprint density at radius 3 is 2.55 bits per heavy atom. The van der Waals surface area contributed by atoms with Crippen molar-refractivity contribution in [3.05, 3.63) is 74.8 Å². The summed E-state index contributed by atoms with van der Waals surface area (Å²) in [6.45, 7) is 2.82. The van der Waals surface area contributed by atoms with Gasteiger partial charge in [0.15, 0.2) is 0 Å². The van der Waals surface area contributed by atoms with E-state index >= 15 is 0 Å². The van der Waals surface area contributed by atoms with Crippen molar-refractivity contribution in [1.29, 1.82) is 5.26 Å². The Kier molecular flexibility index (Phi) is 8.89. The number of nitrogens with one attached hydrogen (secondary N) is 2. The van der Waals surface area contributed by atoms with Gasteiger partial charge in [-0.2, -0.15) is 18.4 Å². The van der Waals surface area contributed by atoms with E-state index in [0.29, 0.717) is 39.3 Å². The van der Waals surface area contributed by atoms with Crippen LogP contribution in [-0.4, -0.2) is 92.2 Å². The zero-order chi connectivity index (χ0) is 31.6. The van der Waals surface area contributed by atoms with Gasteiger partial charge in [0.1, 0.15) is 5.82 Å². The summed E-state index contributed by atoms with van der Waals surface area (Å²) in [4.78, 5) is 46.4. The fourth-order valence-electron chi connectivity index (χ4n) is 5.76. The summed E-state index contributed by atoms with van der Waals surface area (Å²) in [5.74, 6) is -2.01. The molecule has 2 aromatic carbocycles. The number of fused-ring (bicyclic) bond motifs is 1. The molecule has 14 heteroatoms. The molecule has 2 aliphatic heterocycles. The molecule has 1 atom stereocenters. The largest absolute Gasteiger partial charge is 0.418 e. The quantitative estimate of drug-likeness (QED) is 0.393. The van der Waals surface area contributed by atoms with Crippen molar-refractivity contribution >= 4 is 28.4 Å². The van der Waals surface area contributed by atoms with Crippen molar-refractivity contribution in [2.45, 2.75) is 18.6 Å². The first kappa shape index (κ1) is 31.0. The van der Waals surface area contributed by atoms with E-state index in [1.807, 2.05) is 0 Å². The van der Waals surface area contributed by atoms with Crippen LogP contribution in [0.4, 0.5) is 23.2 Å². The van der Waals surface area contributed by atoms with Crippen LogP contribution in [0.15, 0.2) is 41.2 Å². The second-order valence-electron chi connectivity index (χ2n) is 10.8. The smallest absolute Gasteiger partial charge is 0.383 e. The highest BCUT2D eigenvalue weighted by Gasteiger charge is 2.40. The van der Waals surface area contributed by atoms with E-state index in [4.69, 9.17) is 4.74 Å². The fraction of sp³-hybridized carbons (Fsp3) is 0.400. The van der Waals surface area contributed by atoms with Crippen LogP contribution in [-0.2, 0) is 10.9 Å². The molecular formula is C30H30F4N6O4. The van der Waals surface area contributed by atoms with Gasteiger partial charge in [0.05, 0.1) is 46.1 Å². The van der Waals surface area contributed by atoms with Crippen LogP contribution < -0.4 is 15.8 Å². The third-order valence-electron chi connectivity index (χ3n) is 7.96. The van der Waals surface area contributed by atoms with Crippen molar-refractivity contribution in [2.75, 3.05) is 64.4 Å². The number of halogens is 4. The van der Waals surface area contributed by atoms with Crippen LogP contribution >= 0.6 is 0 Å². The summed E-state index contributed by atoms with van der Waals surface area (Å²) in [6, 6.07) is 8.07. The van der Waals surface area contributed by atoms with Gasteiger partial charge in [-0.25, -0.2) is 4.39 Å². The van der Waals surface area contributed by atoms with Crippen LogP contribution in [0.1, 0.15) is 38.3 Å². The fourth-order valence-corrected chi connectivity index (χ4v) is 5.76. The van der Waals surface area contributed by atoms with Gasteiger partial charge < -0.3 is 24.8 Å². The Morgan fingerprint density at radius 2 is 1.86 bits per heavy atom. The normalized spacial score (nSPS) is 17.6. The number of ether oxygens (including phenoxy) is 1. The molecule has 232 valence electrons. The second-order valence-corrected chi connectivity index (χ2v) is 10.8. The number of aromatic amines is 1. The lowest BCUT2D eigenvalue weighted by atomic mass is 10.00. The minimum atomic E-state index is -4.87. The van der Waals surface area contributed by atoms with E-state index < -0.39 is 41.0 Å². The van der Waals surface area contributed by atoms with Gasteiger partial charge in [-0.3, -0.25) is 19.3 Å². The van der Waals surface area contributed by atoms with Crippen LogP contribution in [0.2, 0.25) is 0 Å². The van der Waals surface area contributed by atoms with Crippen molar-refractivity contribution < 1.29 is 31.9 Å². The van der Waals surface area contributed by atoms with Gasteiger partial charge in [0, 0.05) is 70.4 Å². The summed E-state index contributed by atoms with van der Waals surface area (Å²) in [6.07, 6.45) is -4.63. The number of para-hydroxylation sites is 1. The maximum absolute atomic E-state index is 14.4. The number of piperazine rings is 1. The number of nitrogens with zero attached hydrogens (tertiary/aromatic N) is 4. The molecule has 3 heterocycles. The number of amides is 2. The number of aromatic nitrogens is 1. The molecule has 2 amide bonds. The number of nitriles is 1. The Balaban J connectivity index is 1.42. The molecule has 2 fully saturated rings. The van der Waals surface area contributed by atoms with E-state index in [2.05, 4.69) is 15.2 Å². The lowest BCUT2D eigenvalue weighted by molar-refractivity contribution is -0.137. The molecule has 1 aromatic heterocycles. The topological polar surface area (TPSA) is 122 Å². The number of H-pyrrole nitrogens is 1. The predicted octanol–water partition coefficient (Wildman–Crippen LogP) is 2.97. The van der Waals surface area contributed by atoms with Crippen molar-refractivity contribution in [3.63, 3.8) is 0 Å². The summed E-state index contributed by atoms with van der Waals surface area (Å²) >= 11 is 0. The molecule has 2 N–H and O–H groups in total. The number of pyridine rings is 1. The molecule has 44 heavy (non-hydrogen) atoms. The van der Waals surface area contributed by atoms with Crippen molar-refractivity contribution in [2.24, 2.45) is 0 Å². The molecule has 5 rings (SSSR count). The number of carbonyl (C=O) groups is 2. The highest BCUT2D eigenvalue weighted by atomic mass is 19.4. The Hall–Kier alpha value is -4.48. The lowest BCUT2D eigenvalue weighted by Crippen LogP contribution is -2.49. The number of benzene rings is 2. The predicted molar refractivity (Wildman–Crippen MR) is 153 cm³/mol. The first-order valence-corrected chi connectivity index (χ1v) is 14.0. The Morgan fingerprint density at radius 1 is 1.11 bits per heavy atom. The third-order valence-corrected chi connectivity index (χ3v) is 7.96. The van der Waals surface area contributed by atoms with Crippen LogP contribution in [0.25, 0.3) is 10.9 Å². The molecule has 0 bridgehead atoms. The van der Waals surface area contributed by atoms with E-state index in [0.717, 1.165) is 18.2 Å². The number of carbonyl (C=O) groups excluding carboxylic acids is 2. The Bertz CT molecular complexity index is 1680. The molecule has 10 nitrogen and oxygen atoms in total. The molecule has 0 unspecified atom stereocenters. The van der Waals surface area contributed by atoms with Crippen LogP contribution in [0.3, 0.4) is 0 Å². The number of hydrogen-bond acceptors (Lipinski definition) is 7. The Labute approximate surface area is 249 Å². The number of rotatable bonds is 7. The van der Waals surface area contributed by atoms with Crippen molar-refractivity contribution in [3.8, 4) is 6.07 Å². The zero-order valence-corrected chi connectivity index (χ0v) is 23.8. The van der Waals surface area contributed by atoms with Gasteiger partial charge in [-0.05, 0) is 24.6 Å². The molecule has 2 aliphatic rings. The maximum atomic E-state index is 14.4. The molecule has 0 radical (unpaired) electrons. The van der Waals surface area contributed by atoms with Crippen LogP contribution in [0, 0.1) is 17.1 Å². The summed E-state index contributed by atoms with van der Waals surface area (Å²) in [5.41, 5.74) is -2.86. The van der Waals surface area contributed by atoms with Gasteiger partial charge in [-0.1, -0.05) is 12.1 Å². The molecule has 3 aromatic rings. The summed E-state index contributed by atoms with van der Waals surface area (Å²) < 4.78 is 62.6. The lowest BCUT2D eigenvalue weighted by Gasteiger charge is -2.35. The first-order valence-electron chi connectivity index (χ1n) is 14.0. The minimum Gasteiger partial charge on any atom is -0.383 e. The number of alkyl halides is 3. The van der Waals surface area contributed by atoms with Gasteiger partial charge in [-0.15, -0.1) is 0 Å². The summed E-state index contributed by atoms with van der Waals surface area (Å²) in [7, 11) is 1.59. The minimum absolute atomic E-state index is 0.0682. The number of anilines is 1. The maximum Gasteiger partial charge on any atom is 0.418 e. The average molecular weight is 615 g/mol. The molecule has 0 saturated carbocycles. The van der Waals surface area contributed by atoms with E-state index in [-0.39, 0.29) is 52.8 Å². The van der Waals surface area contributed by atoms with E-state index in [1.165, 1.54) is 28.0 Å². The molecule has 0 aliphatic carbocycles. The average Bonchev–Trinajstić information content (AvgIpc) is 3.46. The van der Waals surface area contributed by atoms with Gasteiger partial charge in [0.25, 0.3) is 11.8 Å². The molecular weight excluding hydrogens is 584 g/mol. The standard InChI is InChI=1S/C30H30F4N6O4/c1-44-12-11-38-7-9-39(10-8-38)29(43)22-13-18(16-35)14-23(30(32,33)34)27(22)40-6-5-19(17-40)36-28(42)21-15-25(41)37-26-20(21)3-2-4-24(26)31/h2-4,13-15,19H,5-12,17H2,1H3,(H,36,42)(H,37,41)/t19-/m1/s1. The van der Waals surface area contributed by atoms with Crippen molar-refractivity contribution in [1.82, 2.24) is 20.1 Å². The molecule has 0 spiro atoms. The van der Waals surface area contributed by atoms with E-state index in [1.54, 1.807) is 13.2 Å². The molecule has 2 saturated heterocycles. The van der Waals surface area contributed by atoms with E-state index in [9.17, 15) is 37.2 Å². The summed E-state index contributed by atoms with van der Waals surface area (Å²) in [5, 5.41) is 12.4. The monoisotopic (exact) mass is 614 g/mol. The van der Waals surface area contributed by atoms with Gasteiger partial charge >= 0.3 is 6.18 Å². The van der Waals surface area contributed by atoms with Gasteiger partial charge in [0.2, 0.25) is 5.56 Å².